The first-order valence-electron chi connectivity index (χ1n) is 13.0. The maximum Gasteiger partial charge on any atom is 0.386 e. The molecule has 0 saturated carbocycles. The van der Waals surface area contributed by atoms with Crippen LogP contribution in [0.1, 0.15) is 35.8 Å². The normalized spacial score (nSPS) is 37.7. The van der Waals surface area contributed by atoms with Gasteiger partial charge in [-0.05, 0) is 11.8 Å². The molecule has 9 atom stereocenters. The molecule has 7 heterocycles. The van der Waals surface area contributed by atoms with Crippen molar-refractivity contribution in [3.63, 3.8) is 0 Å². The van der Waals surface area contributed by atoms with Gasteiger partial charge < -0.3 is 29.1 Å². The number of Topliss-reactive ketones (excluding diaryl/α,β-unsaturated/α-hetero) is 1. The number of imidazole rings is 2. The molecule has 3 aromatic rings. The molecule has 23 heteroatoms. The summed E-state index contributed by atoms with van der Waals surface area (Å²) in [5.74, 6) is -0.167. The van der Waals surface area contributed by atoms with Crippen LogP contribution in [-0.4, -0.2) is 89.8 Å². The number of ether oxygens (including phenoxy) is 2. The van der Waals surface area contributed by atoms with E-state index in [1.807, 2.05) is 0 Å². The van der Waals surface area contributed by atoms with Crippen LogP contribution in [0.4, 0.5) is 16.2 Å². The largest absolute Gasteiger partial charge is 0.386 e. The minimum absolute atomic E-state index is 0.0637. The first-order chi connectivity index (χ1) is 20.9. The zero-order valence-electron chi connectivity index (χ0n) is 22.1. The average molecular weight is 693 g/mol. The molecule has 0 amide bonds. The first-order valence-corrected chi connectivity index (χ1v) is 18.3. The zero-order chi connectivity index (χ0) is 31.0. The lowest BCUT2D eigenvalue weighted by Gasteiger charge is -2.26. The number of nitrogens with zero attached hydrogens (tertiary/aromatic N) is 6. The molecule has 0 spiro atoms. The summed E-state index contributed by atoms with van der Waals surface area (Å²) >= 11 is 9.27. The van der Waals surface area contributed by atoms with E-state index in [0.29, 0.717) is 0 Å². The Kier molecular flexibility index (Phi) is 7.65. The van der Waals surface area contributed by atoms with Crippen molar-refractivity contribution in [3.8, 4) is 0 Å². The van der Waals surface area contributed by atoms with Crippen LogP contribution in [0.25, 0.3) is 11.2 Å². The number of aromatic amines is 1. The number of rotatable bonds is 2. The van der Waals surface area contributed by atoms with E-state index >= 15 is 4.39 Å². The summed E-state index contributed by atoms with van der Waals surface area (Å²) in [5, 5.41) is 0. The summed E-state index contributed by atoms with van der Waals surface area (Å²) in [6.45, 7) is -9.48. The summed E-state index contributed by atoms with van der Waals surface area (Å²) < 4.78 is 66.2. The smallest absolute Gasteiger partial charge is 0.369 e. The van der Waals surface area contributed by atoms with Gasteiger partial charge in [-0.1, -0.05) is 12.2 Å². The van der Waals surface area contributed by atoms with Gasteiger partial charge in [-0.3, -0.25) is 32.8 Å². The van der Waals surface area contributed by atoms with E-state index in [1.54, 1.807) is 0 Å². The zero-order valence-corrected chi connectivity index (χ0v) is 25.6. The second kappa shape index (κ2) is 11.1. The predicted molar refractivity (Wildman–Crippen MR) is 154 cm³/mol. The van der Waals surface area contributed by atoms with Gasteiger partial charge in [0, 0.05) is 19.1 Å². The van der Waals surface area contributed by atoms with Gasteiger partial charge in [-0.2, -0.15) is 4.98 Å². The Hall–Kier alpha value is -2.42. The number of halogens is 1. The third-order valence-electron chi connectivity index (χ3n) is 7.33. The number of nitrogens with two attached hydrogens (primary N) is 1. The monoisotopic (exact) mass is 692 g/mol. The average Bonchev–Trinajstić information content (AvgIpc) is 3.72. The number of aliphatic imine (C=N–C) groups is 1. The van der Waals surface area contributed by atoms with Crippen LogP contribution in [0, 0.1) is 0 Å². The fourth-order valence-corrected chi connectivity index (χ4v) is 8.27. The fraction of sp³-hybridized carbons (Fsp3) is 0.524. The lowest BCUT2D eigenvalue weighted by molar-refractivity contribution is -0.0578. The van der Waals surface area contributed by atoms with Gasteiger partial charge in [0.1, 0.15) is 24.5 Å². The Morgan fingerprint density at radius 3 is 2.70 bits per heavy atom. The predicted octanol–water partition coefficient (Wildman–Crippen LogP) is 1.48. The van der Waals surface area contributed by atoms with Crippen molar-refractivity contribution in [1.29, 1.82) is 0 Å². The van der Waals surface area contributed by atoms with Crippen molar-refractivity contribution in [2.45, 2.75) is 55.9 Å². The minimum atomic E-state index is -4.36. The number of H-pyrrole nitrogens is 1. The minimum Gasteiger partial charge on any atom is -0.369 e. The van der Waals surface area contributed by atoms with Crippen LogP contribution in [0.3, 0.4) is 0 Å². The van der Waals surface area contributed by atoms with E-state index < -0.39 is 75.3 Å². The van der Waals surface area contributed by atoms with E-state index in [1.165, 1.54) is 21.7 Å². The number of hydrogen-bond donors (Lipinski definition) is 4. The number of alkyl halides is 1. The third-order valence-corrected chi connectivity index (χ3v) is 10.5. The number of anilines is 1. The Morgan fingerprint density at radius 1 is 1.11 bits per heavy atom. The molecule has 3 fully saturated rings. The molecule has 0 aromatic carbocycles. The molecule has 2 unspecified atom stereocenters. The maximum atomic E-state index is 15.8. The molecule has 0 radical (unpaired) electrons. The highest BCUT2D eigenvalue weighted by molar-refractivity contribution is 8.44. The lowest BCUT2D eigenvalue weighted by atomic mass is 10.1. The molecule has 3 saturated heterocycles. The molecule has 18 nitrogen and oxygen atoms in total. The third kappa shape index (κ3) is 5.49. The van der Waals surface area contributed by atoms with Gasteiger partial charge in [-0.15, -0.1) is 0 Å². The summed E-state index contributed by atoms with van der Waals surface area (Å²) in [6, 6.07) is 0. The molecule has 2 bridgehead atoms. The number of ketones is 1. The number of nitrogen functional groups attached to an aromatic ring is 1. The number of fused-ring (bicyclic) bond motifs is 5. The van der Waals surface area contributed by atoms with E-state index in [2.05, 4.69) is 37.2 Å². The molecule has 7 rings (SSSR count). The quantitative estimate of drug-likeness (QED) is 0.220. The van der Waals surface area contributed by atoms with Gasteiger partial charge in [0.25, 0.3) is 5.56 Å². The Morgan fingerprint density at radius 2 is 1.89 bits per heavy atom. The van der Waals surface area contributed by atoms with Crippen molar-refractivity contribution in [1.82, 2.24) is 29.1 Å². The van der Waals surface area contributed by atoms with Crippen molar-refractivity contribution < 1.29 is 46.2 Å². The molecule has 3 aromatic heterocycles. The highest BCUT2D eigenvalue weighted by atomic mass is 32.7. The summed E-state index contributed by atoms with van der Waals surface area (Å²) in [6.07, 6.45) is -5.09. The number of nitrogens with one attached hydrogen (secondary N) is 1. The topological polar surface area (TPSA) is 230 Å². The molecule has 4 aliphatic heterocycles. The van der Waals surface area contributed by atoms with Crippen LogP contribution in [0.5, 0.6) is 0 Å². The molecular formula is C21H23FN8O10P2S2. The first kappa shape index (κ1) is 30.2. The number of carbonyl (C=O) groups excluding carboxylic acids is 1. The van der Waals surface area contributed by atoms with Gasteiger partial charge in [0.2, 0.25) is 5.95 Å². The summed E-state index contributed by atoms with van der Waals surface area (Å²) in [5.41, 5.74) is 5.03. The number of aromatic nitrogens is 6. The molecule has 0 aliphatic carbocycles. The van der Waals surface area contributed by atoms with E-state index in [-0.39, 0.29) is 47.2 Å². The van der Waals surface area contributed by atoms with Gasteiger partial charge in [-0.25, -0.2) is 23.9 Å². The van der Waals surface area contributed by atoms with Crippen molar-refractivity contribution in [2.75, 3.05) is 18.9 Å². The SMILES string of the molecule is Nc1nc2c(ncn2[C@@H]2O[C@@H]3COP(O)(=S)O[C@H]4C[C@H](n5cnc6c5N=CCC6=O)O[C@@H]4COP(=O)(S)O[C@@H]2[C@@H]3F)c(=O)[nH]1. The molecule has 4 N–H and O–H groups in total. The van der Waals surface area contributed by atoms with Gasteiger partial charge in [0.15, 0.2) is 40.9 Å². The number of hydrogen-bond acceptors (Lipinski definition) is 15. The Balaban J connectivity index is 1.18. The standard InChI is InChI=1S/C21H23FN8O10P2S2/c22-13-11-5-36-41(33,43)39-9-3-12(29-6-25-14-8(31)1-2-24-17(14)29)37-10(9)4-35-42(34,44)40-16(13)20(38-11)30-7-26-15-18(30)27-21(23)28-19(15)32/h2,6-7,9-13,16,20H,1,3-5H2,(H,33,43)(H,34,44)(H3,23,27,28,32)/t9-,10+,11+,12+,13+,16+,20+,41?,42?/m0/s1. The Bertz CT molecular complexity index is 1840. The summed E-state index contributed by atoms with van der Waals surface area (Å²) in [4.78, 5) is 54.2. The molecule has 236 valence electrons. The van der Waals surface area contributed by atoms with Crippen molar-refractivity contribution >= 4 is 72.5 Å². The van der Waals surface area contributed by atoms with Crippen molar-refractivity contribution in [2.24, 2.45) is 4.99 Å². The summed E-state index contributed by atoms with van der Waals surface area (Å²) in [7, 11) is 0. The second-order valence-corrected chi connectivity index (χ2v) is 15.8. The van der Waals surface area contributed by atoms with Crippen molar-refractivity contribution in [3.05, 3.63) is 28.7 Å². The second-order valence-electron chi connectivity index (χ2n) is 10.2. The lowest BCUT2D eigenvalue weighted by Crippen LogP contribution is -2.32. The van der Waals surface area contributed by atoms with Crippen LogP contribution >= 0.6 is 25.8 Å². The van der Waals surface area contributed by atoms with E-state index in [9.17, 15) is 19.0 Å². The van der Waals surface area contributed by atoms with Gasteiger partial charge in [0.05, 0.1) is 32.0 Å². The highest BCUT2D eigenvalue weighted by Gasteiger charge is 2.52. The Labute approximate surface area is 256 Å². The van der Waals surface area contributed by atoms with E-state index in [4.69, 9.17) is 45.1 Å². The maximum absolute atomic E-state index is 15.8. The van der Waals surface area contributed by atoms with Gasteiger partial charge >= 0.3 is 13.5 Å². The fourth-order valence-electron chi connectivity index (χ4n) is 5.35. The molecule has 44 heavy (non-hydrogen) atoms. The number of carbonyl (C=O) groups is 1. The molecule has 4 aliphatic rings. The highest BCUT2D eigenvalue weighted by Crippen LogP contribution is 2.58. The molecular weight excluding hydrogens is 669 g/mol. The van der Waals surface area contributed by atoms with Crippen LogP contribution in [-0.2, 0) is 43.9 Å². The number of thiol groups is 1. The van der Waals surface area contributed by atoms with E-state index in [0.717, 1.165) is 6.33 Å². The van der Waals surface area contributed by atoms with Crippen LogP contribution in [0.2, 0.25) is 0 Å². The van der Waals surface area contributed by atoms with Crippen LogP contribution < -0.4 is 11.3 Å². The van der Waals surface area contributed by atoms with Crippen LogP contribution in [0.15, 0.2) is 22.4 Å².